The Labute approximate surface area is 160 Å². The lowest BCUT2D eigenvalue weighted by Gasteiger charge is -2.26. The second-order valence-corrected chi connectivity index (χ2v) is 7.03. The third-order valence-corrected chi connectivity index (χ3v) is 5.41. The van der Waals surface area contributed by atoms with Gasteiger partial charge in [0.25, 0.3) is 5.91 Å². The van der Waals surface area contributed by atoms with Crippen LogP contribution >= 0.6 is 0 Å². The smallest absolute Gasteiger partial charge is 0.256 e. The van der Waals surface area contributed by atoms with Crippen molar-refractivity contribution in [2.24, 2.45) is 0 Å². The molecule has 2 aliphatic rings. The predicted molar refractivity (Wildman–Crippen MR) is 97.9 cm³/mol. The van der Waals surface area contributed by atoms with Crippen molar-refractivity contribution in [1.82, 2.24) is 19.4 Å². The standard InChI is InChI=1S/C18H21N5O5/c1-2-18(27)13(25)11(8-24)28-17(18)23-7-10(16(26)22-5-3-4-6-22)12-14(19)20-9-21-15(12)23/h1,7,9,11,13,17,24-25,27H,3-6,8H2,(H2,19,20,21)/t11-,13-,17-,18+/m1/s1. The number of hydrogen-bond acceptors (Lipinski definition) is 8. The van der Waals surface area contributed by atoms with Crippen LogP contribution in [0.15, 0.2) is 12.5 Å². The number of amides is 1. The molecule has 28 heavy (non-hydrogen) atoms. The number of hydrogen-bond donors (Lipinski definition) is 4. The third kappa shape index (κ3) is 2.56. The molecule has 4 atom stereocenters. The quantitative estimate of drug-likeness (QED) is 0.484. The number of carbonyl (C=O) groups excluding carboxylic acids is 1. The van der Waals surface area contributed by atoms with Crippen molar-refractivity contribution < 1.29 is 24.9 Å². The van der Waals surface area contributed by atoms with E-state index in [-0.39, 0.29) is 22.9 Å². The molecule has 2 aromatic rings. The highest BCUT2D eigenvalue weighted by molar-refractivity contribution is 6.09. The topological polar surface area (TPSA) is 147 Å². The second-order valence-electron chi connectivity index (χ2n) is 7.03. The first-order chi connectivity index (χ1) is 13.4. The van der Waals surface area contributed by atoms with Gasteiger partial charge in [-0.1, -0.05) is 5.92 Å². The molecule has 4 heterocycles. The summed E-state index contributed by atoms with van der Waals surface area (Å²) in [5.41, 5.74) is 4.39. The number of aliphatic hydroxyl groups is 3. The van der Waals surface area contributed by atoms with E-state index in [0.717, 1.165) is 12.8 Å². The van der Waals surface area contributed by atoms with Crippen LogP contribution in [0.2, 0.25) is 0 Å². The average Bonchev–Trinajstić information content (AvgIpc) is 3.41. The molecule has 0 spiro atoms. The maximum Gasteiger partial charge on any atom is 0.256 e. The molecule has 148 valence electrons. The van der Waals surface area contributed by atoms with Crippen LogP contribution in [0.5, 0.6) is 0 Å². The van der Waals surface area contributed by atoms with Gasteiger partial charge in [-0.25, -0.2) is 9.97 Å². The van der Waals surface area contributed by atoms with Crippen molar-refractivity contribution in [3.05, 3.63) is 18.1 Å². The molecule has 0 radical (unpaired) electrons. The third-order valence-electron chi connectivity index (χ3n) is 5.41. The number of rotatable bonds is 3. The Hall–Kier alpha value is -2.71. The minimum Gasteiger partial charge on any atom is -0.394 e. The SMILES string of the molecule is C#C[C@]1(O)[C@H](O)[C@@H](CO)O[C@H]1n1cc(C(=O)N2CCCC2)c2c(N)ncnc21. The van der Waals surface area contributed by atoms with Crippen LogP contribution in [-0.4, -0.2) is 78.2 Å². The van der Waals surface area contributed by atoms with Gasteiger partial charge < -0.3 is 35.3 Å². The van der Waals surface area contributed by atoms with E-state index in [2.05, 4.69) is 15.9 Å². The maximum absolute atomic E-state index is 13.0. The molecule has 2 fully saturated rings. The molecule has 0 unspecified atom stereocenters. The van der Waals surface area contributed by atoms with Gasteiger partial charge in [0, 0.05) is 19.3 Å². The van der Waals surface area contributed by atoms with Crippen molar-refractivity contribution in [3.8, 4) is 12.3 Å². The van der Waals surface area contributed by atoms with E-state index in [1.54, 1.807) is 4.90 Å². The van der Waals surface area contributed by atoms with Crippen molar-refractivity contribution in [3.63, 3.8) is 0 Å². The first-order valence-electron chi connectivity index (χ1n) is 8.97. The van der Waals surface area contributed by atoms with Gasteiger partial charge in [-0.3, -0.25) is 4.79 Å². The van der Waals surface area contributed by atoms with Gasteiger partial charge in [-0.2, -0.15) is 0 Å². The highest BCUT2D eigenvalue weighted by Crippen LogP contribution is 2.41. The lowest BCUT2D eigenvalue weighted by Crippen LogP contribution is -2.45. The van der Waals surface area contributed by atoms with E-state index in [0.29, 0.717) is 18.5 Å². The molecule has 0 aliphatic carbocycles. The Kier molecular flexibility index (Phi) is 4.47. The van der Waals surface area contributed by atoms with Crippen molar-refractivity contribution in [2.75, 3.05) is 25.4 Å². The van der Waals surface area contributed by atoms with Gasteiger partial charge in [0.2, 0.25) is 0 Å². The molecule has 5 N–H and O–H groups in total. The fourth-order valence-corrected chi connectivity index (χ4v) is 3.89. The summed E-state index contributed by atoms with van der Waals surface area (Å²) < 4.78 is 7.00. The molecule has 2 aromatic heterocycles. The average molecular weight is 387 g/mol. The van der Waals surface area contributed by atoms with E-state index < -0.39 is 30.6 Å². The number of anilines is 1. The molecule has 10 nitrogen and oxygen atoms in total. The lowest BCUT2D eigenvalue weighted by atomic mass is 9.95. The first-order valence-corrected chi connectivity index (χ1v) is 8.97. The summed E-state index contributed by atoms with van der Waals surface area (Å²) >= 11 is 0. The molecule has 1 amide bonds. The molecule has 2 aliphatic heterocycles. The Balaban J connectivity index is 1.88. The molecule has 0 bridgehead atoms. The van der Waals surface area contributed by atoms with Crippen LogP contribution in [0.25, 0.3) is 11.0 Å². The number of ether oxygens (including phenoxy) is 1. The van der Waals surface area contributed by atoms with E-state index in [1.165, 1.54) is 17.1 Å². The van der Waals surface area contributed by atoms with Crippen LogP contribution in [0.1, 0.15) is 29.4 Å². The van der Waals surface area contributed by atoms with E-state index in [4.69, 9.17) is 16.9 Å². The predicted octanol–water partition coefficient (Wildman–Crippen LogP) is -1.14. The van der Waals surface area contributed by atoms with Gasteiger partial charge in [-0.15, -0.1) is 6.42 Å². The first kappa shape index (κ1) is 18.6. The second kappa shape index (κ2) is 6.72. The molecular formula is C18H21N5O5. The van der Waals surface area contributed by atoms with Gasteiger partial charge in [0.15, 0.2) is 11.8 Å². The number of nitrogens with zero attached hydrogens (tertiary/aromatic N) is 4. The fourth-order valence-electron chi connectivity index (χ4n) is 3.89. The Morgan fingerprint density at radius 2 is 2.14 bits per heavy atom. The number of fused-ring (bicyclic) bond motifs is 1. The minimum atomic E-state index is -2.13. The van der Waals surface area contributed by atoms with Crippen molar-refractivity contribution >= 4 is 22.8 Å². The van der Waals surface area contributed by atoms with Gasteiger partial charge >= 0.3 is 0 Å². The molecular weight excluding hydrogens is 366 g/mol. The van der Waals surface area contributed by atoms with E-state index >= 15 is 0 Å². The molecule has 0 aromatic carbocycles. The highest BCUT2D eigenvalue weighted by atomic mass is 16.6. The summed E-state index contributed by atoms with van der Waals surface area (Å²) in [6.45, 7) is 0.731. The normalized spacial score (nSPS) is 30.1. The number of nitrogen functional groups attached to an aromatic ring is 1. The zero-order chi connectivity index (χ0) is 20.1. The summed E-state index contributed by atoms with van der Waals surface area (Å²) in [5, 5.41) is 31.0. The zero-order valence-corrected chi connectivity index (χ0v) is 15.0. The van der Waals surface area contributed by atoms with E-state index in [9.17, 15) is 20.1 Å². The van der Waals surface area contributed by atoms with Gasteiger partial charge in [0.1, 0.15) is 30.0 Å². The van der Waals surface area contributed by atoms with Gasteiger partial charge in [0.05, 0.1) is 17.6 Å². The Bertz CT molecular complexity index is 963. The van der Waals surface area contributed by atoms with Crippen molar-refractivity contribution in [2.45, 2.75) is 36.9 Å². The van der Waals surface area contributed by atoms with Crippen LogP contribution in [0.3, 0.4) is 0 Å². The summed E-state index contributed by atoms with van der Waals surface area (Å²) in [7, 11) is 0. The Morgan fingerprint density at radius 1 is 1.43 bits per heavy atom. The summed E-state index contributed by atoms with van der Waals surface area (Å²) in [6, 6.07) is 0. The number of carbonyl (C=O) groups is 1. The number of terminal acetylenes is 1. The largest absolute Gasteiger partial charge is 0.394 e. The highest BCUT2D eigenvalue weighted by Gasteiger charge is 2.56. The fraction of sp³-hybridized carbons (Fsp3) is 0.500. The van der Waals surface area contributed by atoms with Crippen LogP contribution in [0, 0.1) is 12.3 Å². The van der Waals surface area contributed by atoms with Crippen LogP contribution < -0.4 is 5.73 Å². The maximum atomic E-state index is 13.0. The summed E-state index contributed by atoms with van der Waals surface area (Å²) in [5.74, 6) is 2.03. The zero-order valence-electron chi connectivity index (χ0n) is 15.0. The van der Waals surface area contributed by atoms with Crippen molar-refractivity contribution in [1.29, 1.82) is 0 Å². The number of aromatic nitrogens is 3. The monoisotopic (exact) mass is 387 g/mol. The van der Waals surface area contributed by atoms with Crippen LogP contribution in [-0.2, 0) is 4.74 Å². The molecule has 4 rings (SSSR count). The number of nitrogens with two attached hydrogens (primary N) is 1. The summed E-state index contributed by atoms with van der Waals surface area (Å²) in [6.07, 6.45) is 6.09. The minimum absolute atomic E-state index is 0.104. The van der Waals surface area contributed by atoms with E-state index in [1.807, 2.05) is 0 Å². The number of likely N-dealkylation sites (tertiary alicyclic amines) is 1. The Morgan fingerprint density at radius 3 is 2.79 bits per heavy atom. The van der Waals surface area contributed by atoms with Gasteiger partial charge in [-0.05, 0) is 12.8 Å². The molecule has 2 saturated heterocycles. The molecule has 10 heteroatoms. The summed E-state index contributed by atoms with van der Waals surface area (Å²) in [4.78, 5) is 22.9. The van der Waals surface area contributed by atoms with Crippen LogP contribution in [0.4, 0.5) is 5.82 Å². The molecule has 0 saturated carbocycles. The lowest BCUT2D eigenvalue weighted by molar-refractivity contribution is -0.0718. The number of aliphatic hydroxyl groups excluding tert-OH is 2.